The first-order valence-corrected chi connectivity index (χ1v) is 15.4. The highest BCUT2D eigenvalue weighted by molar-refractivity contribution is 7.85. The van der Waals surface area contributed by atoms with Crippen molar-refractivity contribution in [3.63, 3.8) is 0 Å². The molecule has 4 aromatic rings. The number of aromatic nitrogens is 3. The van der Waals surface area contributed by atoms with E-state index < -0.39 is 15.7 Å². The minimum absolute atomic E-state index is 0.129. The van der Waals surface area contributed by atoms with E-state index in [1.165, 1.54) is 10.9 Å². The lowest BCUT2D eigenvalue weighted by Gasteiger charge is -2.30. The third-order valence-corrected chi connectivity index (χ3v) is 7.09. The number of benzene rings is 2. The zero-order valence-electron chi connectivity index (χ0n) is 24.6. The summed E-state index contributed by atoms with van der Waals surface area (Å²) < 4.78 is 40.7. The third-order valence-electron chi connectivity index (χ3n) is 6.54. The molecule has 1 N–H and O–H groups in total. The van der Waals surface area contributed by atoms with Crippen LogP contribution < -0.4 is 10.1 Å². The molecule has 0 bridgehead atoms. The minimum Gasteiger partial charge on any atom is -0.444 e. The van der Waals surface area contributed by atoms with Crippen LogP contribution in [-0.4, -0.2) is 58.4 Å². The molecular formula is C30H33N5O7S. The number of ether oxygens (including phenoxy) is 2. The number of hydrogen-bond donors (Lipinski definition) is 1. The monoisotopic (exact) mass is 607 g/mol. The van der Waals surface area contributed by atoms with Crippen LogP contribution in [0, 0.1) is 6.92 Å². The Labute approximate surface area is 249 Å². The van der Waals surface area contributed by atoms with Gasteiger partial charge >= 0.3 is 12.1 Å². The number of aryl methyl sites for hydroxylation is 1. The molecule has 0 spiro atoms. The number of nitrogens with one attached hydrogen (secondary N) is 1. The molecule has 226 valence electrons. The van der Waals surface area contributed by atoms with E-state index in [-0.39, 0.29) is 18.7 Å². The van der Waals surface area contributed by atoms with Crippen LogP contribution in [0.3, 0.4) is 0 Å². The average Bonchev–Trinajstić information content (AvgIpc) is 3.34. The molecule has 5 rings (SSSR count). The van der Waals surface area contributed by atoms with Crippen LogP contribution in [-0.2, 0) is 38.6 Å². The van der Waals surface area contributed by atoms with Crippen molar-refractivity contribution in [2.24, 2.45) is 0 Å². The molecule has 13 heteroatoms. The van der Waals surface area contributed by atoms with E-state index in [2.05, 4.69) is 15.3 Å². The standard InChI is InChI=1S/C30H33N5O7S/c1-19-12-20(17-40-43(5,38)39)14-22(13-19)33-28(36)35-11-8-21-15-23(6-7-26(21)35)41-27-24-9-10-34(16-25(24)31-18-32-27)29(37)42-30(2,3)4/h6-8,11-15,18H,9-10,16-17H2,1-5H3,(H,33,36). The summed E-state index contributed by atoms with van der Waals surface area (Å²) in [7, 11) is -3.60. The number of carbonyl (C=O) groups is 2. The molecule has 0 unspecified atom stereocenters. The van der Waals surface area contributed by atoms with E-state index in [9.17, 15) is 18.0 Å². The largest absolute Gasteiger partial charge is 0.444 e. The lowest BCUT2D eigenvalue weighted by molar-refractivity contribution is 0.0219. The van der Waals surface area contributed by atoms with Gasteiger partial charge in [-0.05, 0) is 81.6 Å². The lowest BCUT2D eigenvalue weighted by atomic mass is 10.1. The smallest absolute Gasteiger partial charge is 0.410 e. The molecule has 1 aliphatic rings. The van der Waals surface area contributed by atoms with Crippen molar-refractivity contribution in [2.75, 3.05) is 18.1 Å². The van der Waals surface area contributed by atoms with Crippen LogP contribution in [0.2, 0.25) is 0 Å². The highest BCUT2D eigenvalue weighted by Gasteiger charge is 2.28. The summed E-state index contributed by atoms with van der Waals surface area (Å²) in [5.41, 5.74) is 3.58. The minimum atomic E-state index is -3.60. The van der Waals surface area contributed by atoms with Crippen LogP contribution in [0.5, 0.6) is 11.6 Å². The molecular weight excluding hydrogens is 574 g/mol. The molecule has 0 aliphatic carbocycles. The molecule has 2 amide bonds. The van der Waals surface area contributed by atoms with Crippen LogP contribution >= 0.6 is 0 Å². The first-order chi connectivity index (χ1) is 20.2. The van der Waals surface area contributed by atoms with E-state index >= 15 is 0 Å². The second kappa shape index (κ2) is 11.7. The van der Waals surface area contributed by atoms with E-state index in [1.807, 2.05) is 33.8 Å². The van der Waals surface area contributed by atoms with Crippen molar-refractivity contribution >= 4 is 38.8 Å². The Hall–Kier alpha value is -4.49. The van der Waals surface area contributed by atoms with E-state index in [1.54, 1.807) is 47.5 Å². The van der Waals surface area contributed by atoms with Gasteiger partial charge in [0.25, 0.3) is 10.1 Å². The Morgan fingerprint density at radius 1 is 1.07 bits per heavy atom. The van der Waals surface area contributed by atoms with Gasteiger partial charge in [-0.2, -0.15) is 8.42 Å². The van der Waals surface area contributed by atoms with Crippen molar-refractivity contribution in [2.45, 2.75) is 52.9 Å². The van der Waals surface area contributed by atoms with Gasteiger partial charge in [-0.3, -0.25) is 8.75 Å². The highest BCUT2D eigenvalue weighted by Crippen LogP contribution is 2.31. The SMILES string of the molecule is Cc1cc(COS(C)(=O)=O)cc(NC(=O)n2ccc3cc(Oc4ncnc5c4CCN(C(=O)OC(C)(C)C)C5)ccc32)c1. The van der Waals surface area contributed by atoms with Crippen LogP contribution in [0.15, 0.2) is 55.0 Å². The molecule has 2 aromatic heterocycles. The quantitative estimate of drug-likeness (QED) is 0.286. The predicted octanol–water partition coefficient (Wildman–Crippen LogP) is 5.38. The highest BCUT2D eigenvalue weighted by atomic mass is 32.2. The van der Waals surface area contributed by atoms with E-state index in [0.29, 0.717) is 53.6 Å². The Balaban J connectivity index is 1.29. The first-order valence-electron chi connectivity index (χ1n) is 13.6. The number of fused-ring (bicyclic) bond motifs is 2. The van der Waals surface area contributed by atoms with Gasteiger partial charge in [-0.15, -0.1) is 0 Å². The maximum atomic E-state index is 13.2. The second-order valence-corrected chi connectivity index (χ2v) is 13.0. The molecule has 43 heavy (non-hydrogen) atoms. The van der Waals surface area contributed by atoms with Crippen LogP contribution in [0.25, 0.3) is 10.9 Å². The number of hydrogen-bond acceptors (Lipinski definition) is 9. The van der Waals surface area contributed by atoms with E-state index in [4.69, 9.17) is 13.7 Å². The number of nitrogens with zero attached hydrogens (tertiary/aromatic N) is 4. The molecule has 12 nitrogen and oxygen atoms in total. The second-order valence-electron chi connectivity index (χ2n) is 11.4. The summed E-state index contributed by atoms with van der Waals surface area (Å²) in [4.78, 5) is 36.0. The fourth-order valence-electron chi connectivity index (χ4n) is 4.74. The molecule has 0 saturated heterocycles. The molecule has 1 aliphatic heterocycles. The maximum Gasteiger partial charge on any atom is 0.410 e. The van der Waals surface area contributed by atoms with Crippen molar-refractivity contribution in [1.82, 2.24) is 19.4 Å². The third kappa shape index (κ3) is 7.48. The van der Waals surface area contributed by atoms with Gasteiger partial charge in [-0.1, -0.05) is 6.07 Å². The molecule has 0 atom stereocenters. The van der Waals surface area contributed by atoms with Crippen LogP contribution in [0.4, 0.5) is 15.3 Å². The van der Waals surface area contributed by atoms with Crippen molar-refractivity contribution in [3.05, 3.63) is 77.4 Å². The van der Waals surface area contributed by atoms with Crippen molar-refractivity contribution < 1.29 is 31.7 Å². The van der Waals surface area contributed by atoms with Gasteiger partial charge in [0, 0.05) is 29.4 Å². The van der Waals surface area contributed by atoms with Gasteiger partial charge in [0.2, 0.25) is 5.88 Å². The molecule has 2 aromatic carbocycles. The molecule has 0 radical (unpaired) electrons. The van der Waals surface area contributed by atoms with Crippen molar-refractivity contribution in [1.29, 1.82) is 0 Å². The molecule has 0 saturated carbocycles. The van der Waals surface area contributed by atoms with E-state index in [0.717, 1.165) is 22.8 Å². The summed E-state index contributed by atoms with van der Waals surface area (Å²) in [5, 5.41) is 3.64. The predicted molar refractivity (Wildman–Crippen MR) is 160 cm³/mol. The Morgan fingerprint density at radius 2 is 1.86 bits per heavy atom. The first kappa shape index (κ1) is 30.0. The number of anilines is 1. The maximum absolute atomic E-state index is 13.2. The van der Waals surface area contributed by atoms with Gasteiger partial charge in [-0.25, -0.2) is 19.6 Å². The summed E-state index contributed by atoms with van der Waals surface area (Å²) in [6.07, 6.45) is 4.19. The van der Waals surface area contributed by atoms with Gasteiger partial charge in [0.15, 0.2) is 0 Å². The van der Waals surface area contributed by atoms with Crippen LogP contribution in [0.1, 0.15) is 43.2 Å². The molecule has 0 fully saturated rings. The average molecular weight is 608 g/mol. The summed E-state index contributed by atoms with van der Waals surface area (Å²) in [5.74, 6) is 0.954. The number of rotatable bonds is 6. The summed E-state index contributed by atoms with van der Waals surface area (Å²) in [6, 6.07) is 12.0. The lowest BCUT2D eigenvalue weighted by Crippen LogP contribution is -2.40. The number of carbonyl (C=O) groups excluding carboxylic acids is 2. The van der Waals surface area contributed by atoms with Gasteiger partial charge in [0.1, 0.15) is 17.7 Å². The van der Waals surface area contributed by atoms with Crippen molar-refractivity contribution in [3.8, 4) is 11.6 Å². The normalized spacial score (nSPS) is 13.5. The zero-order valence-corrected chi connectivity index (χ0v) is 25.4. The fraction of sp³-hybridized carbons (Fsp3) is 0.333. The summed E-state index contributed by atoms with van der Waals surface area (Å²) >= 11 is 0. The Bertz CT molecular complexity index is 1810. The number of amides is 2. The van der Waals surface area contributed by atoms with Gasteiger partial charge < -0.3 is 19.7 Å². The Morgan fingerprint density at radius 3 is 2.60 bits per heavy atom. The van der Waals surface area contributed by atoms with Gasteiger partial charge in [0.05, 0.1) is 30.6 Å². The zero-order chi connectivity index (χ0) is 30.9. The fourth-order valence-corrected chi connectivity index (χ4v) is 5.09. The topological polar surface area (TPSA) is 142 Å². The summed E-state index contributed by atoms with van der Waals surface area (Å²) in [6.45, 7) is 7.96. The molecule has 3 heterocycles. The Kier molecular flexibility index (Phi) is 8.12.